The molecule has 0 saturated heterocycles. The number of aromatic nitrogens is 2. The van der Waals surface area contributed by atoms with Crippen LogP contribution in [0.25, 0.3) is 10.9 Å². The normalized spacial score (nSPS) is 9.81. The third-order valence-corrected chi connectivity index (χ3v) is 2.21. The van der Waals surface area contributed by atoms with Gasteiger partial charge in [-0.25, -0.2) is 9.97 Å². The van der Waals surface area contributed by atoms with Gasteiger partial charge in [-0.3, -0.25) is 0 Å². The lowest BCUT2D eigenvalue weighted by atomic mass is 10.2. The molecule has 1 aromatic heterocycles. The summed E-state index contributed by atoms with van der Waals surface area (Å²) in [6.07, 6.45) is 6.90. The van der Waals surface area contributed by atoms with Crippen LogP contribution in [0.15, 0.2) is 18.3 Å². The average molecular weight is 214 g/mol. The molecule has 2 aromatic rings. The largest absolute Gasteiger partial charge is 0.493 e. The highest BCUT2D eigenvalue weighted by molar-refractivity contribution is 5.82. The minimum atomic E-state index is 0.361. The molecule has 0 N–H and O–H groups in total. The number of methoxy groups -OCH3 is 2. The van der Waals surface area contributed by atoms with Crippen LogP contribution < -0.4 is 9.47 Å². The maximum Gasteiger partial charge on any atom is 0.205 e. The zero-order chi connectivity index (χ0) is 11.5. The van der Waals surface area contributed by atoms with Crippen molar-refractivity contribution in [3.8, 4) is 23.8 Å². The Balaban J connectivity index is 2.69. The highest BCUT2D eigenvalue weighted by Gasteiger charge is 2.07. The molecule has 0 aliphatic rings. The van der Waals surface area contributed by atoms with Crippen molar-refractivity contribution < 1.29 is 9.47 Å². The van der Waals surface area contributed by atoms with Gasteiger partial charge in [-0.05, 0) is 12.0 Å². The van der Waals surface area contributed by atoms with E-state index < -0.39 is 0 Å². The Morgan fingerprint density at radius 1 is 1.19 bits per heavy atom. The molecule has 0 aliphatic heterocycles. The van der Waals surface area contributed by atoms with E-state index in [4.69, 9.17) is 15.9 Å². The predicted molar refractivity (Wildman–Crippen MR) is 60.6 cm³/mol. The van der Waals surface area contributed by atoms with Crippen molar-refractivity contribution in [1.82, 2.24) is 9.97 Å². The zero-order valence-corrected chi connectivity index (χ0v) is 9.02. The minimum Gasteiger partial charge on any atom is -0.493 e. The van der Waals surface area contributed by atoms with Crippen LogP contribution in [-0.2, 0) is 0 Å². The van der Waals surface area contributed by atoms with E-state index >= 15 is 0 Å². The van der Waals surface area contributed by atoms with E-state index in [2.05, 4.69) is 15.9 Å². The van der Waals surface area contributed by atoms with Crippen molar-refractivity contribution in [3.63, 3.8) is 0 Å². The maximum absolute atomic E-state index is 5.24. The lowest BCUT2D eigenvalue weighted by Crippen LogP contribution is -1.94. The molecule has 0 aliphatic carbocycles. The van der Waals surface area contributed by atoms with Crippen LogP contribution in [0, 0.1) is 12.3 Å². The number of benzene rings is 1. The van der Waals surface area contributed by atoms with Crippen molar-refractivity contribution in [2.75, 3.05) is 14.2 Å². The molecule has 0 spiro atoms. The fourth-order valence-corrected chi connectivity index (χ4v) is 1.43. The van der Waals surface area contributed by atoms with Gasteiger partial charge in [0.25, 0.3) is 0 Å². The van der Waals surface area contributed by atoms with Gasteiger partial charge >= 0.3 is 0 Å². The van der Waals surface area contributed by atoms with Crippen molar-refractivity contribution in [1.29, 1.82) is 0 Å². The highest BCUT2D eigenvalue weighted by atomic mass is 16.5. The van der Waals surface area contributed by atoms with E-state index in [0.29, 0.717) is 17.3 Å². The monoisotopic (exact) mass is 214 g/mol. The Kier molecular flexibility index (Phi) is 2.61. The molecule has 4 nitrogen and oxygen atoms in total. The lowest BCUT2D eigenvalue weighted by Gasteiger charge is -2.08. The Bertz CT molecular complexity index is 573. The van der Waals surface area contributed by atoms with Crippen molar-refractivity contribution in [2.24, 2.45) is 0 Å². The molecule has 0 fully saturated rings. The number of nitrogens with zero attached hydrogens (tertiary/aromatic N) is 2. The van der Waals surface area contributed by atoms with Gasteiger partial charge in [-0.15, -0.1) is 6.42 Å². The third-order valence-electron chi connectivity index (χ3n) is 2.21. The molecule has 0 unspecified atom stereocenters. The van der Waals surface area contributed by atoms with Gasteiger partial charge in [0.15, 0.2) is 11.5 Å². The first kappa shape index (κ1) is 10.2. The molecule has 1 aromatic carbocycles. The van der Waals surface area contributed by atoms with Gasteiger partial charge in [-0.1, -0.05) is 0 Å². The Labute approximate surface area is 93.2 Å². The van der Waals surface area contributed by atoms with Gasteiger partial charge < -0.3 is 9.47 Å². The average Bonchev–Trinajstić information content (AvgIpc) is 2.36. The molecule has 0 atom stereocenters. The van der Waals surface area contributed by atoms with Gasteiger partial charge in [-0.2, -0.15) is 0 Å². The molecule has 2 rings (SSSR count). The number of ether oxygens (including phenoxy) is 2. The van der Waals surface area contributed by atoms with Crippen LogP contribution in [0.4, 0.5) is 0 Å². The van der Waals surface area contributed by atoms with Crippen LogP contribution in [0.1, 0.15) is 5.82 Å². The summed E-state index contributed by atoms with van der Waals surface area (Å²) in [5.74, 6) is 4.02. The Hall–Kier alpha value is -2.28. The molecule has 1 heterocycles. The number of hydrogen-bond acceptors (Lipinski definition) is 4. The molecule has 0 radical (unpaired) electrons. The smallest absolute Gasteiger partial charge is 0.205 e. The highest BCUT2D eigenvalue weighted by Crippen LogP contribution is 2.30. The first-order chi connectivity index (χ1) is 7.78. The topological polar surface area (TPSA) is 44.2 Å². The van der Waals surface area contributed by atoms with Gasteiger partial charge in [0.05, 0.1) is 19.7 Å². The second kappa shape index (κ2) is 4.07. The van der Waals surface area contributed by atoms with E-state index in [1.807, 2.05) is 6.07 Å². The summed E-state index contributed by atoms with van der Waals surface area (Å²) in [7, 11) is 3.16. The summed E-state index contributed by atoms with van der Waals surface area (Å²) in [4.78, 5) is 8.21. The van der Waals surface area contributed by atoms with Gasteiger partial charge in [0, 0.05) is 17.6 Å². The summed E-state index contributed by atoms with van der Waals surface area (Å²) in [6, 6.07) is 3.59. The second-order valence-corrected chi connectivity index (χ2v) is 3.10. The summed E-state index contributed by atoms with van der Waals surface area (Å²) >= 11 is 0. The van der Waals surface area contributed by atoms with Crippen molar-refractivity contribution in [3.05, 3.63) is 24.2 Å². The Morgan fingerprint density at radius 2 is 1.88 bits per heavy atom. The van der Waals surface area contributed by atoms with Crippen LogP contribution in [0.3, 0.4) is 0 Å². The van der Waals surface area contributed by atoms with Crippen molar-refractivity contribution in [2.45, 2.75) is 0 Å². The lowest BCUT2D eigenvalue weighted by molar-refractivity contribution is 0.356. The minimum absolute atomic E-state index is 0.361. The van der Waals surface area contributed by atoms with E-state index in [0.717, 1.165) is 10.9 Å². The molecule has 80 valence electrons. The third kappa shape index (κ3) is 1.63. The molecule has 0 saturated carbocycles. The summed E-state index contributed by atoms with van der Waals surface area (Å²) in [5, 5.41) is 0.858. The van der Waals surface area contributed by atoms with Crippen LogP contribution in [0.5, 0.6) is 11.5 Å². The summed E-state index contributed by atoms with van der Waals surface area (Å²) in [5.41, 5.74) is 0.737. The summed E-state index contributed by atoms with van der Waals surface area (Å²) in [6.45, 7) is 0. The molecule has 16 heavy (non-hydrogen) atoms. The van der Waals surface area contributed by atoms with Crippen LogP contribution in [-0.4, -0.2) is 24.2 Å². The van der Waals surface area contributed by atoms with E-state index in [-0.39, 0.29) is 0 Å². The van der Waals surface area contributed by atoms with E-state index in [1.54, 1.807) is 26.5 Å². The van der Waals surface area contributed by atoms with Crippen molar-refractivity contribution >= 4 is 10.9 Å². The predicted octanol–water partition coefficient (Wildman–Crippen LogP) is 1.63. The number of hydrogen-bond donors (Lipinski definition) is 0. The fourth-order valence-electron chi connectivity index (χ4n) is 1.43. The molecule has 0 amide bonds. The van der Waals surface area contributed by atoms with Gasteiger partial charge in [0.2, 0.25) is 5.82 Å². The van der Waals surface area contributed by atoms with Crippen LogP contribution >= 0.6 is 0 Å². The number of rotatable bonds is 2. The van der Waals surface area contributed by atoms with Gasteiger partial charge in [0.1, 0.15) is 0 Å². The number of fused-ring (bicyclic) bond motifs is 1. The SMILES string of the molecule is C#Cc1ncc2cc(OC)c(OC)cc2n1. The molecule has 0 bridgehead atoms. The summed E-state index contributed by atoms with van der Waals surface area (Å²) < 4.78 is 10.4. The zero-order valence-electron chi connectivity index (χ0n) is 9.02. The van der Waals surface area contributed by atoms with Crippen LogP contribution in [0.2, 0.25) is 0 Å². The first-order valence-corrected chi connectivity index (χ1v) is 4.64. The Morgan fingerprint density at radius 3 is 2.50 bits per heavy atom. The number of terminal acetylenes is 1. The first-order valence-electron chi connectivity index (χ1n) is 4.64. The van der Waals surface area contributed by atoms with E-state index in [9.17, 15) is 0 Å². The molecular weight excluding hydrogens is 204 g/mol. The maximum atomic E-state index is 5.24. The standard InChI is InChI=1S/C12H10N2O2/c1-4-12-13-7-8-5-10(15-2)11(16-3)6-9(8)14-12/h1,5-7H,2-3H3. The second-order valence-electron chi connectivity index (χ2n) is 3.10. The molecule has 4 heteroatoms. The quantitative estimate of drug-likeness (QED) is 0.713. The fraction of sp³-hybridized carbons (Fsp3) is 0.167. The van der Waals surface area contributed by atoms with E-state index in [1.165, 1.54) is 0 Å². The molecular formula is C12H10N2O2.